The van der Waals surface area contributed by atoms with Crippen LogP contribution in [0.4, 0.5) is 0 Å². The summed E-state index contributed by atoms with van der Waals surface area (Å²) < 4.78 is 2.32. The van der Waals surface area contributed by atoms with Gasteiger partial charge in [0.05, 0.1) is 22.3 Å². The largest absolute Gasteiger partial charge is 0.309 e. The Morgan fingerprint density at radius 2 is 1.03 bits per heavy atom. The van der Waals surface area contributed by atoms with Crippen LogP contribution in [-0.4, -0.2) is 4.57 Å². The van der Waals surface area contributed by atoms with Gasteiger partial charge in [-0.15, -0.1) is 0 Å². The van der Waals surface area contributed by atoms with Crippen LogP contribution in [0.1, 0.15) is 5.56 Å². The molecular weight excluding hydrogens is 400 g/mol. The van der Waals surface area contributed by atoms with Crippen molar-refractivity contribution < 1.29 is 0 Å². The lowest BCUT2D eigenvalue weighted by atomic mass is 9.91. The number of hydrogen-bond donors (Lipinski definition) is 0. The van der Waals surface area contributed by atoms with Crippen LogP contribution in [0.2, 0.25) is 0 Å². The molecule has 1 aromatic heterocycles. The summed E-state index contributed by atoms with van der Waals surface area (Å²) in [6.45, 7) is 0. The number of benzene rings is 5. The second kappa shape index (κ2) is 7.82. The van der Waals surface area contributed by atoms with Crippen molar-refractivity contribution in [2.24, 2.45) is 0 Å². The van der Waals surface area contributed by atoms with Crippen molar-refractivity contribution in [2.45, 2.75) is 0 Å². The Morgan fingerprint density at radius 3 is 1.73 bits per heavy atom. The Bertz CT molecular complexity index is 1610. The molecule has 0 atom stereocenters. The first-order valence-corrected chi connectivity index (χ1v) is 11.0. The molecule has 0 amide bonds. The fraction of sp³-hybridized carbons (Fsp3) is 0. The van der Waals surface area contributed by atoms with Gasteiger partial charge in [0.1, 0.15) is 6.07 Å². The van der Waals surface area contributed by atoms with Crippen molar-refractivity contribution in [2.75, 3.05) is 0 Å². The lowest BCUT2D eigenvalue weighted by Gasteiger charge is -2.16. The van der Waals surface area contributed by atoms with Gasteiger partial charge in [0.15, 0.2) is 0 Å². The Balaban J connectivity index is 1.67. The monoisotopic (exact) mass is 420 g/mol. The fourth-order valence-electron chi connectivity index (χ4n) is 4.83. The quantitative estimate of drug-likeness (QED) is 0.285. The standard InChI is InChI=1S/C31H20N2/c32-21-28-23(22-11-2-1-3-12-22)16-10-17-24(28)25-13-4-7-18-29(25)33-30-19-8-5-14-26(30)27-15-6-9-20-31(27)33/h1-20H. The maximum Gasteiger partial charge on any atom is 0.100 e. The second-order valence-corrected chi connectivity index (χ2v) is 8.09. The number of hydrogen-bond acceptors (Lipinski definition) is 1. The number of nitriles is 1. The molecule has 0 bridgehead atoms. The van der Waals surface area contributed by atoms with Gasteiger partial charge < -0.3 is 4.57 Å². The molecule has 0 saturated carbocycles. The van der Waals surface area contributed by atoms with Gasteiger partial charge in [-0.1, -0.05) is 103 Å². The average Bonchev–Trinajstić information content (AvgIpc) is 3.23. The average molecular weight is 421 g/mol. The molecule has 154 valence electrons. The van der Waals surface area contributed by atoms with Gasteiger partial charge >= 0.3 is 0 Å². The lowest BCUT2D eigenvalue weighted by molar-refractivity contribution is 1.18. The van der Waals surface area contributed by atoms with Crippen molar-refractivity contribution in [3.63, 3.8) is 0 Å². The Kier molecular flexibility index (Phi) is 4.53. The number of aromatic nitrogens is 1. The predicted octanol–water partition coefficient (Wildman–Crippen LogP) is 7.99. The lowest BCUT2D eigenvalue weighted by Crippen LogP contribution is -1.98. The molecule has 0 aliphatic carbocycles. The summed E-state index contributed by atoms with van der Waals surface area (Å²) >= 11 is 0. The first-order valence-electron chi connectivity index (χ1n) is 11.0. The van der Waals surface area contributed by atoms with Crippen LogP contribution in [0.15, 0.2) is 121 Å². The number of fused-ring (bicyclic) bond motifs is 3. The third-order valence-electron chi connectivity index (χ3n) is 6.28. The van der Waals surface area contributed by atoms with Crippen LogP contribution in [0.25, 0.3) is 49.7 Å². The molecule has 0 aliphatic rings. The number of nitrogens with zero attached hydrogens (tertiary/aromatic N) is 2. The van der Waals surface area contributed by atoms with Gasteiger partial charge in [-0.25, -0.2) is 0 Å². The molecule has 2 nitrogen and oxygen atoms in total. The van der Waals surface area contributed by atoms with Crippen molar-refractivity contribution in [3.8, 4) is 34.0 Å². The molecule has 0 spiro atoms. The molecule has 0 unspecified atom stereocenters. The number of rotatable bonds is 3. The normalized spacial score (nSPS) is 11.0. The maximum absolute atomic E-state index is 10.2. The van der Waals surface area contributed by atoms with Gasteiger partial charge in [-0.05, 0) is 23.8 Å². The third kappa shape index (κ3) is 3.03. The zero-order valence-electron chi connectivity index (χ0n) is 17.9. The van der Waals surface area contributed by atoms with Crippen molar-refractivity contribution in [1.82, 2.24) is 4.57 Å². The SMILES string of the molecule is N#Cc1c(-c2ccccc2)cccc1-c1ccccc1-n1c2ccccc2c2ccccc21. The van der Waals surface area contributed by atoms with Crippen LogP contribution in [-0.2, 0) is 0 Å². The molecule has 1 heterocycles. The molecule has 6 rings (SSSR count). The van der Waals surface area contributed by atoms with Gasteiger partial charge in [-0.2, -0.15) is 5.26 Å². The Labute approximate surface area is 192 Å². The van der Waals surface area contributed by atoms with Crippen molar-refractivity contribution >= 4 is 21.8 Å². The van der Waals surface area contributed by atoms with Crippen LogP contribution < -0.4 is 0 Å². The van der Waals surface area contributed by atoms with E-state index in [1.54, 1.807) is 0 Å². The zero-order chi connectivity index (χ0) is 22.2. The molecule has 33 heavy (non-hydrogen) atoms. The second-order valence-electron chi connectivity index (χ2n) is 8.09. The Morgan fingerprint density at radius 1 is 0.485 bits per heavy atom. The van der Waals surface area contributed by atoms with Crippen LogP contribution in [0, 0.1) is 11.3 Å². The fourth-order valence-corrected chi connectivity index (χ4v) is 4.83. The van der Waals surface area contributed by atoms with E-state index in [0.717, 1.165) is 39.0 Å². The Hall–Kier alpha value is -4.61. The molecule has 0 N–H and O–H groups in total. The highest BCUT2D eigenvalue weighted by Gasteiger charge is 2.18. The van der Waals surface area contributed by atoms with Gasteiger partial charge in [0, 0.05) is 27.5 Å². The highest BCUT2D eigenvalue weighted by atomic mass is 15.0. The summed E-state index contributed by atoms with van der Waals surface area (Å²) in [7, 11) is 0. The molecule has 0 fully saturated rings. The molecular formula is C31H20N2. The van der Waals surface area contributed by atoms with E-state index < -0.39 is 0 Å². The molecule has 6 aromatic rings. The molecule has 0 saturated heterocycles. The van der Waals surface area contributed by atoms with Gasteiger partial charge in [0.25, 0.3) is 0 Å². The van der Waals surface area contributed by atoms with Gasteiger partial charge in [0.2, 0.25) is 0 Å². The highest BCUT2D eigenvalue weighted by Crippen LogP contribution is 2.38. The predicted molar refractivity (Wildman–Crippen MR) is 136 cm³/mol. The highest BCUT2D eigenvalue weighted by molar-refractivity contribution is 6.09. The maximum atomic E-state index is 10.2. The van der Waals surface area contributed by atoms with E-state index in [0.29, 0.717) is 5.56 Å². The summed E-state index contributed by atoms with van der Waals surface area (Å²) in [5.74, 6) is 0. The van der Waals surface area contributed by atoms with E-state index in [4.69, 9.17) is 0 Å². The number of para-hydroxylation sites is 3. The smallest absolute Gasteiger partial charge is 0.100 e. The first-order chi connectivity index (χ1) is 16.4. The van der Waals surface area contributed by atoms with E-state index in [9.17, 15) is 5.26 Å². The minimum atomic E-state index is 0.692. The minimum Gasteiger partial charge on any atom is -0.309 e. The third-order valence-corrected chi connectivity index (χ3v) is 6.28. The van der Waals surface area contributed by atoms with E-state index in [1.807, 2.05) is 36.4 Å². The molecule has 2 heteroatoms. The summed E-state index contributed by atoms with van der Waals surface area (Å²) in [6, 6.07) is 44.1. The first kappa shape index (κ1) is 19.1. The van der Waals surface area contributed by atoms with Crippen LogP contribution >= 0.6 is 0 Å². The summed E-state index contributed by atoms with van der Waals surface area (Å²) in [6.07, 6.45) is 0. The van der Waals surface area contributed by atoms with Crippen molar-refractivity contribution in [1.29, 1.82) is 5.26 Å². The molecule has 0 aliphatic heterocycles. The van der Waals surface area contributed by atoms with Crippen LogP contribution in [0.3, 0.4) is 0 Å². The zero-order valence-corrected chi connectivity index (χ0v) is 17.9. The van der Waals surface area contributed by atoms with Crippen LogP contribution in [0.5, 0.6) is 0 Å². The summed E-state index contributed by atoms with van der Waals surface area (Å²) in [4.78, 5) is 0. The minimum absolute atomic E-state index is 0.692. The molecule has 0 radical (unpaired) electrons. The molecule has 5 aromatic carbocycles. The topological polar surface area (TPSA) is 28.7 Å². The summed E-state index contributed by atoms with van der Waals surface area (Å²) in [5, 5.41) is 12.7. The van der Waals surface area contributed by atoms with E-state index in [1.165, 1.54) is 10.8 Å². The van der Waals surface area contributed by atoms with Gasteiger partial charge in [-0.3, -0.25) is 0 Å². The summed E-state index contributed by atoms with van der Waals surface area (Å²) in [5.41, 5.74) is 8.05. The van der Waals surface area contributed by atoms with E-state index in [2.05, 4.69) is 95.6 Å². The van der Waals surface area contributed by atoms with E-state index in [-0.39, 0.29) is 0 Å². The van der Waals surface area contributed by atoms with E-state index >= 15 is 0 Å². The van der Waals surface area contributed by atoms with Crippen molar-refractivity contribution in [3.05, 3.63) is 127 Å².